The number of hydrogen-bond donors (Lipinski definition) is 2. The lowest BCUT2D eigenvalue weighted by Gasteiger charge is -2.13. The third-order valence-corrected chi connectivity index (χ3v) is 3.67. The van der Waals surface area contributed by atoms with Gasteiger partial charge in [-0.05, 0) is 43.3 Å². The predicted octanol–water partition coefficient (Wildman–Crippen LogP) is 2.11. The Morgan fingerprint density at radius 3 is 2.58 bits per heavy atom. The Bertz CT molecular complexity index is 978. The Balaban J connectivity index is 1.66. The Kier molecular flexibility index (Phi) is 4.66. The highest BCUT2D eigenvalue weighted by Gasteiger charge is 2.21. The molecule has 8 heteroatoms. The molecule has 3 rings (SSSR count). The van der Waals surface area contributed by atoms with Crippen molar-refractivity contribution in [3.8, 4) is 0 Å². The molecule has 0 fully saturated rings. The van der Waals surface area contributed by atoms with Gasteiger partial charge >= 0.3 is 5.97 Å². The van der Waals surface area contributed by atoms with Crippen molar-refractivity contribution in [2.24, 2.45) is 5.73 Å². The zero-order valence-corrected chi connectivity index (χ0v) is 13.8. The van der Waals surface area contributed by atoms with Crippen LogP contribution in [0, 0.1) is 0 Å². The lowest BCUT2D eigenvalue weighted by molar-refractivity contribution is -0.123. The molecule has 0 radical (unpaired) electrons. The number of carbonyl (C=O) groups excluding carboxylic acids is 3. The van der Waals surface area contributed by atoms with E-state index in [-0.39, 0.29) is 5.56 Å². The van der Waals surface area contributed by atoms with E-state index < -0.39 is 23.9 Å². The summed E-state index contributed by atoms with van der Waals surface area (Å²) >= 11 is 0. The number of nitrogens with one attached hydrogen (secondary N) is 1. The average Bonchev–Trinajstić information content (AvgIpc) is 3.10. The summed E-state index contributed by atoms with van der Waals surface area (Å²) < 4.78 is 10.3. The van der Waals surface area contributed by atoms with Gasteiger partial charge in [0.1, 0.15) is 5.52 Å². The Morgan fingerprint density at radius 1 is 1.15 bits per heavy atom. The number of primary amides is 1. The first-order valence-corrected chi connectivity index (χ1v) is 7.69. The normalized spacial score (nSPS) is 11.7. The van der Waals surface area contributed by atoms with Crippen LogP contribution >= 0.6 is 0 Å². The van der Waals surface area contributed by atoms with Gasteiger partial charge in [0.05, 0.1) is 5.56 Å². The summed E-state index contributed by atoms with van der Waals surface area (Å²) in [5.41, 5.74) is 6.96. The second kappa shape index (κ2) is 7.06. The second-order valence-electron chi connectivity index (χ2n) is 5.48. The number of esters is 1. The quantitative estimate of drug-likeness (QED) is 0.677. The fourth-order valence-electron chi connectivity index (χ4n) is 2.29. The molecule has 2 amide bonds. The maximum absolute atomic E-state index is 12.3. The molecule has 1 aromatic heterocycles. The summed E-state index contributed by atoms with van der Waals surface area (Å²) in [7, 11) is 0. The van der Waals surface area contributed by atoms with Crippen LogP contribution in [0.15, 0.2) is 53.3 Å². The molecule has 0 spiro atoms. The minimum absolute atomic E-state index is 0.210. The molecule has 0 aliphatic carbocycles. The summed E-state index contributed by atoms with van der Waals surface area (Å²) in [4.78, 5) is 39.5. The summed E-state index contributed by atoms with van der Waals surface area (Å²) in [5, 5.41) is 2.59. The molecule has 0 aliphatic heterocycles. The van der Waals surface area contributed by atoms with E-state index in [2.05, 4.69) is 10.3 Å². The minimum Gasteiger partial charge on any atom is -0.449 e. The van der Waals surface area contributed by atoms with E-state index in [1.54, 1.807) is 18.2 Å². The Labute approximate surface area is 147 Å². The standard InChI is InChI=1S/C18H15N3O5/c1-10(17(23)21-12-7-5-11(6-8-12)16(19)22)26-18(24)13-3-2-4-14-15(13)20-9-25-14/h2-10H,1H3,(H2,19,22)(H,21,23). The molecule has 26 heavy (non-hydrogen) atoms. The number of para-hydroxylation sites is 1. The monoisotopic (exact) mass is 353 g/mol. The molecule has 3 N–H and O–H groups in total. The molecule has 0 aliphatic rings. The zero-order valence-electron chi connectivity index (χ0n) is 13.8. The van der Waals surface area contributed by atoms with Crippen LogP contribution < -0.4 is 11.1 Å². The van der Waals surface area contributed by atoms with Gasteiger partial charge in [-0.2, -0.15) is 0 Å². The van der Waals surface area contributed by atoms with Crippen molar-refractivity contribution in [1.82, 2.24) is 4.98 Å². The summed E-state index contributed by atoms with van der Waals surface area (Å²) in [5.74, 6) is -1.76. The van der Waals surface area contributed by atoms with Crippen LogP contribution in [-0.2, 0) is 9.53 Å². The molecule has 0 saturated carbocycles. The molecule has 132 valence electrons. The number of anilines is 1. The lowest BCUT2D eigenvalue weighted by Crippen LogP contribution is -2.30. The molecule has 0 bridgehead atoms. The average molecular weight is 353 g/mol. The van der Waals surface area contributed by atoms with Crippen molar-refractivity contribution < 1.29 is 23.5 Å². The summed E-state index contributed by atoms with van der Waals surface area (Å²) in [6.07, 6.45) is 0.188. The van der Waals surface area contributed by atoms with Gasteiger partial charge in [-0.15, -0.1) is 0 Å². The number of benzene rings is 2. The Hall–Kier alpha value is -3.68. The number of fused-ring (bicyclic) bond motifs is 1. The van der Waals surface area contributed by atoms with Gasteiger partial charge in [0.25, 0.3) is 5.91 Å². The molecule has 1 atom stereocenters. The lowest BCUT2D eigenvalue weighted by atomic mass is 10.2. The largest absolute Gasteiger partial charge is 0.449 e. The van der Waals surface area contributed by atoms with Gasteiger partial charge in [0, 0.05) is 11.3 Å². The van der Waals surface area contributed by atoms with Crippen LogP contribution in [0.5, 0.6) is 0 Å². The third kappa shape index (κ3) is 3.54. The number of hydrogen-bond acceptors (Lipinski definition) is 6. The number of aromatic nitrogens is 1. The maximum Gasteiger partial charge on any atom is 0.341 e. The van der Waals surface area contributed by atoms with Crippen LogP contribution in [-0.4, -0.2) is 28.9 Å². The van der Waals surface area contributed by atoms with Gasteiger partial charge < -0.3 is 20.2 Å². The number of ether oxygens (including phenoxy) is 1. The zero-order chi connectivity index (χ0) is 18.7. The van der Waals surface area contributed by atoms with Crippen molar-refractivity contribution in [1.29, 1.82) is 0 Å². The van der Waals surface area contributed by atoms with E-state index in [4.69, 9.17) is 14.9 Å². The van der Waals surface area contributed by atoms with E-state index in [9.17, 15) is 14.4 Å². The molecule has 1 unspecified atom stereocenters. The number of oxazole rings is 1. The molecular weight excluding hydrogens is 338 g/mol. The smallest absolute Gasteiger partial charge is 0.341 e. The van der Waals surface area contributed by atoms with E-state index in [1.165, 1.54) is 37.6 Å². The van der Waals surface area contributed by atoms with E-state index in [1.807, 2.05) is 0 Å². The maximum atomic E-state index is 12.3. The first kappa shape index (κ1) is 17.2. The van der Waals surface area contributed by atoms with E-state index in [0.29, 0.717) is 22.4 Å². The van der Waals surface area contributed by atoms with Gasteiger partial charge in [-0.1, -0.05) is 6.07 Å². The van der Waals surface area contributed by atoms with Crippen molar-refractivity contribution >= 4 is 34.6 Å². The SMILES string of the molecule is CC(OC(=O)c1cccc2ocnc12)C(=O)Nc1ccc(C(N)=O)cc1. The first-order valence-electron chi connectivity index (χ1n) is 7.69. The third-order valence-electron chi connectivity index (χ3n) is 3.67. The number of nitrogens with zero attached hydrogens (tertiary/aromatic N) is 1. The van der Waals surface area contributed by atoms with E-state index in [0.717, 1.165) is 0 Å². The van der Waals surface area contributed by atoms with Gasteiger partial charge in [0.2, 0.25) is 5.91 Å². The highest BCUT2D eigenvalue weighted by atomic mass is 16.5. The van der Waals surface area contributed by atoms with Crippen LogP contribution in [0.1, 0.15) is 27.6 Å². The number of amides is 2. The second-order valence-corrected chi connectivity index (χ2v) is 5.48. The fourth-order valence-corrected chi connectivity index (χ4v) is 2.29. The number of nitrogens with two attached hydrogens (primary N) is 1. The van der Waals surface area contributed by atoms with Gasteiger partial charge in [-0.25, -0.2) is 9.78 Å². The highest BCUT2D eigenvalue weighted by molar-refractivity contribution is 6.03. The van der Waals surface area contributed by atoms with Crippen LogP contribution in [0.2, 0.25) is 0 Å². The van der Waals surface area contributed by atoms with Crippen LogP contribution in [0.25, 0.3) is 11.1 Å². The van der Waals surface area contributed by atoms with E-state index >= 15 is 0 Å². The van der Waals surface area contributed by atoms with Crippen LogP contribution in [0.3, 0.4) is 0 Å². The number of rotatable bonds is 5. The van der Waals surface area contributed by atoms with Gasteiger partial charge in [-0.3, -0.25) is 9.59 Å². The molecule has 2 aromatic carbocycles. The molecule has 8 nitrogen and oxygen atoms in total. The van der Waals surface area contributed by atoms with Crippen molar-refractivity contribution in [3.05, 3.63) is 60.0 Å². The fraction of sp³-hybridized carbons (Fsp3) is 0.111. The highest BCUT2D eigenvalue weighted by Crippen LogP contribution is 2.18. The molecule has 1 heterocycles. The van der Waals surface area contributed by atoms with Crippen LogP contribution in [0.4, 0.5) is 5.69 Å². The first-order chi connectivity index (χ1) is 12.5. The predicted molar refractivity (Wildman–Crippen MR) is 92.5 cm³/mol. The molecule has 0 saturated heterocycles. The molecular formula is C18H15N3O5. The van der Waals surface area contributed by atoms with Gasteiger partial charge in [0.15, 0.2) is 18.1 Å². The van der Waals surface area contributed by atoms with Crippen molar-refractivity contribution in [3.63, 3.8) is 0 Å². The summed E-state index contributed by atoms with van der Waals surface area (Å²) in [6.45, 7) is 1.45. The topological polar surface area (TPSA) is 125 Å². The minimum atomic E-state index is -1.04. The number of carbonyl (C=O) groups is 3. The van der Waals surface area contributed by atoms with Crippen molar-refractivity contribution in [2.45, 2.75) is 13.0 Å². The Morgan fingerprint density at radius 2 is 1.88 bits per heavy atom. The van der Waals surface area contributed by atoms with Crippen molar-refractivity contribution in [2.75, 3.05) is 5.32 Å². The molecule has 3 aromatic rings. The summed E-state index contributed by atoms with van der Waals surface area (Å²) in [6, 6.07) is 10.9.